The molecule has 0 unspecified atom stereocenters. The number of rotatable bonds is 4. The van der Waals surface area contributed by atoms with E-state index >= 15 is 0 Å². The second-order valence-corrected chi connectivity index (χ2v) is 7.08. The van der Waals surface area contributed by atoms with Gasteiger partial charge in [0.1, 0.15) is 0 Å². The van der Waals surface area contributed by atoms with Crippen LogP contribution in [0.15, 0.2) is 28.1 Å². The monoisotopic (exact) mass is 367 g/mol. The zero-order valence-corrected chi connectivity index (χ0v) is 14.6. The Morgan fingerprint density at radius 3 is 2.48 bits per heavy atom. The van der Waals surface area contributed by atoms with E-state index < -0.39 is 0 Å². The minimum absolute atomic E-state index is 0.817. The first-order valence-electron chi connectivity index (χ1n) is 6.88. The summed E-state index contributed by atoms with van der Waals surface area (Å²) < 4.78 is 12.0. The molecule has 0 amide bonds. The van der Waals surface area contributed by atoms with Crippen molar-refractivity contribution in [2.24, 2.45) is 0 Å². The molecule has 0 saturated heterocycles. The maximum atomic E-state index is 5.41. The maximum Gasteiger partial charge on any atom is 0.161 e. The van der Waals surface area contributed by atoms with Gasteiger partial charge in [-0.05, 0) is 51.7 Å². The molecule has 1 aliphatic heterocycles. The molecule has 0 fully saturated rings. The fraction of sp³-hybridized carbons (Fsp3) is 0.375. The second kappa shape index (κ2) is 6.38. The van der Waals surface area contributed by atoms with Gasteiger partial charge in [0.2, 0.25) is 0 Å². The molecule has 1 aromatic carbocycles. The number of nitrogens with zero attached hydrogens (tertiary/aromatic N) is 1. The van der Waals surface area contributed by atoms with Crippen LogP contribution < -0.4 is 9.47 Å². The molecule has 0 spiro atoms. The molecule has 21 heavy (non-hydrogen) atoms. The Kier molecular flexibility index (Phi) is 4.52. The summed E-state index contributed by atoms with van der Waals surface area (Å²) in [5, 5.41) is 2.14. The number of fused-ring (bicyclic) bond motifs is 1. The van der Waals surface area contributed by atoms with E-state index in [1.165, 1.54) is 20.5 Å². The van der Waals surface area contributed by atoms with Crippen LogP contribution in [0, 0.1) is 0 Å². The lowest BCUT2D eigenvalue weighted by molar-refractivity contribution is 0.246. The number of ether oxygens (including phenoxy) is 2. The summed E-state index contributed by atoms with van der Waals surface area (Å²) in [6.45, 7) is 3.05. The van der Waals surface area contributed by atoms with Gasteiger partial charge in [0.05, 0.1) is 14.2 Å². The van der Waals surface area contributed by atoms with Crippen LogP contribution in [0.3, 0.4) is 0 Å². The quantitative estimate of drug-likeness (QED) is 0.812. The van der Waals surface area contributed by atoms with Crippen molar-refractivity contribution in [3.63, 3.8) is 0 Å². The maximum absolute atomic E-state index is 5.41. The van der Waals surface area contributed by atoms with Gasteiger partial charge in [-0.3, -0.25) is 4.90 Å². The predicted octanol–water partition coefficient (Wildman–Crippen LogP) is 4.09. The van der Waals surface area contributed by atoms with Crippen molar-refractivity contribution in [2.75, 3.05) is 20.8 Å². The minimum Gasteiger partial charge on any atom is -0.493 e. The normalized spacial score (nSPS) is 14.8. The third kappa shape index (κ3) is 3.25. The van der Waals surface area contributed by atoms with Crippen molar-refractivity contribution in [1.82, 2.24) is 4.90 Å². The topological polar surface area (TPSA) is 21.7 Å². The van der Waals surface area contributed by atoms with Crippen LogP contribution in [-0.4, -0.2) is 25.7 Å². The third-order valence-corrected chi connectivity index (χ3v) is 5.48. The van der Waals surface area contributed by atoms with Crippen LogP contribution in [0.2, 0.25) is 0 Å². The highest BCUT2D eigenvalue weighted by Gasteiger charge is 2.19. The van der Waals surface area contributed by atoms with E-state index in [1.54, 1.807) is 25.6 Å². The van der Waals surface area contributed by atoms with Gasteiger partial charge in [-0.25, -0.2) is 0 Å². The molecule has 5 heteroatoms. The molecular formula is C16H18BrNO2S. The summed E-state index contributed by atoms with van der Waals surface area (Å²) in [6, 6.07) is 6.44. The first kappa shape index (κ1) is 14.9. The van der Waals surface area contributed by atoms with Gasteiger partial charge in [-0.15, -0.1) is 11.3 Å². The molecule has 0 aliphatic carbocycles. The van der Waals surface area contributed by atoms with Crippen molar-refractivity contribution in [3.05, 3.63) is 44.1 Å². The summed E-state index contributed by atoms with van der Waals surface area (Å²) in [7, 11) is 3.38. The highest BCUT2D eigenvalue weighted by Crippen LogP contribution is 2.33. The molecule has 3 nitrogen and oxygen atoms in total. The highest BCUT2D eigenvalue weighted by molar-refractivity contribution is 9.10. The molecule has 0 saturated carbocycles. The van der Waals surface area contributed by atoms with Crippen LogP contribution in [0.25, 0.3) is 0 Å². The van der Waals surface area contributed by atoms with Crippen molar-refractivity contribution in [2.45, 2.75) is 19.5 Å². The summed E-state index contributed by atoms with van der Waals surface area (Å²) in [6.07, 6.45) is 1.06. The van der Waals surface area contributed by atoms with Gasteiger partial charge < -0.3 is 9.47 Å². The number of halogens is 1. The Bertz CT molecular complexity index is 641. The zero-order chi connectivity index (χ0) is 14.8. The van der Waals surface area contributed by atoms with Crippen LogP contribution in [0.5, 0.6) is 11.5 Å². The first-order chi connectivity index (χ1) is 10.2. The average molecular weight is 368 g/mol. The molecule has 2 heterocycles. The average Bonchev–Trinajstić information content (AvgIpc) is 2.90. The van der Waals surface area contributed by atoms with Crippen LogP contribution in [-0.2, 0) is 19.5 Å². The number of hydrogen-bond donors (Lipinski definition) is 0. The fourth-order valence-corrected chi connectivity index (χ4v) is 4.23. The summed E-state index contributed by atoms with van der Waals surface area (Å²) in [4.78, 5) is 3.87. The fourth-order valence-electron chi connectivity index (χ4n) is 2.73. The molecular weight excluding hydrogens is 350 g/mol. The summed E-state index contributed by atoms with van der Waals surface area (Å²) >= 11 is 5.32. The van der Waals surface area contributed by atoms with E-state index in [-0.39, 0.29) is 0 Å². The van der Waals surface area contributed by atoms with Gasteiger partial charge in [0.15, 0.2) is 11.5 Å². The molecule has 0 bridgehead atoms. The molecule has 0 radical (unpaired) electrons. The van der Waals surface area contributed by atoms with E-state index in [0.29, 0.717) is 0 Å². The molecule has 1 aromatic heterocycles. The smallest absolute Gasteiger partial charge is 0.161 e. The Morgan fingerprint density at radius 2 is 1.86 bits per heavy atom. The number of thiophene rings is 1. The minimum atomic E-state index is 0.817. The van der Waals surface area contributed by atoms with Gasteiger partial charge >= 0.3 is 0 Å². The molecule has 112 valence electrons. The van der Waals surface area contributed by atoms with Gasteiger partial charge in [-0.2, -0.15) is 0 Å². The molecule has 2 aromatic rings. The van der Waals surface area contributed by atoms with Crippen LogP contribution >= 0.6 is 27.3 Å². The van der Waals surface area contributed by atoms with Crippen molar-refractivity contribution in [1.29, 1.82) is 0 Å². The summed E-state index contributed by atoms with van der Waals surface area (Å²) in [5.41, 5.74) is 2.71. The van der Waals surface area contributed by atoms with E-state index in [9.17, 15) is 0 Å². The Morgan fingerprint density at radius 1 is 1.14 bits per heavy atom. The van der Waals surface area contributed by atoms with Gasteiger partial charge in [0.25, 0.3) is 0 Å². The van der Waals surface area contributed by atoms with E-state index in [0.717, 1.165) is 37.6 Å². The predicted molar refractivity (Wildman–Crippen MR) is 89.4 cm³/mol. The molecule has 0 atom stereocenters. The highest BCUT2D eigenvalue weighted by atomic mass is 79.9. The van der Waals surface area contributed by atoms with Crippen molar-refractivity contribution in [3.8, 4) is 11.5 Å². The Balaban J connectivity index is 1.78. The lowest BCUT2D eigenvalue weighted by Crippen LogP contribution is -2.29. The second-order valence-electron chi connectivity index (χ2n) is 5.17. The van der Waals surface area contributed by atoms with E-state index in [4.69, 9.17) is 9.47 Å². The van der Waals surface area contributed by atoms with Gasteiger partial charge in [0, 0.05) is 34.4 Å². The lowest BCUT2D eigenvalue weighted by Gasteiger charge is -2.29. The molecule has 3 rings (SSSR count). The van der Waals surface area contributed by atoms with Crippen molar-refractivity contribution >= 4 is 27.3 Å². The Hall–Kier alpha value is -1.04. The van der Waals surface area contributed by atoms with Crippen LogP contribution in [0.4, 0.5) is 0 Å². The standard InChI is InChI=1S/C16H18BrNO2S/c1-19-15-5-11-3-4-18(8-12(11)6-16(15)20-2)9-14-7-13(17)10-21-14/h5-7,10H,3-4,8-9H2,1-2H3. The van der Waals surface area contributed by atoms with E-state index in [2.05, 4.69) is 44.4 Å². The SMILES string of the molecule is COc1cc2c(cc1OC)CN(Cc1cc(Br)cs1)CC2. The zero-order valence-electron chi connectivity index (χ0n) is 12.2. The van der Waals surface area contributed by atoms with Crippen molar-refractivity contribution < 1.29 is 9.47 Å². The largest absolute Gasteiger partial charge is 0.493 e. The van der Waals surface area contributed by atoms with Gasteiger partial charge in [-0.1, -0.05) is 0 Å². The third-order valence-electron chi connectivity index (χ3n) is 3.80. The van der Waals surface area contributed by atoms with Crippen LogP contribution in [0.1, 0.15) is 16.0 Å². The molecule has 1 aliphatic rings. The number of hydrogen-bond acceptors (Lipinski definition) is 4. The summed E-state index contributed by atoms with van der Waals surface area (Å²) in [5.74, 6) is 1.64. The van der Waals surface area contributed by atoms with E-state index in [1.807, 2.05) is 0 Å². The Labute approximate surface area is 137 Å². The molecule has 0 N–H and O–H groups in total. The number of benzene rings is 1. The first-order valence-corrected chi connectivity index (χ1v) is 8.56. The lowest BCUT2D eigenvalue weighted by atomic mass is 9.99. The number of methoxy groups -OCH3 is 2.